The summed E-state index contributed by atoms with van der Waals surface area (Å²) in [6.07, 6.45) is 2.02. The first kappa shape index (κ1) is 17.8. The number of nitrogens with zero attached hydrogens (tertiary/aromatic N) is 3. The summed E-state index contributed by atoms with van der Waals surface area (Å²) in [5.41, 5.74) is 0.787. The molecule has 27 heavy (non-hydrogen) atoms. The number of carbonyl (C=O) groups is 1. The lowest BCUT2D eigenvalue weighted by atomic mass is 9.99. The number of thiophene rings is 1. The van der Waals surface area contributed by atoms with Crippen molar-refractivity contribution in [2.75, 3.05) is 13.1 Å². The molecule has 8 heteroatoms. The number of carbonyl (C=O) groups excluding carboxylic acids is 1. The number of nitrogens with one attached hydrogen (secondary N) is 1. The molecule has 6 nitrogen and oxygen atoms in total. The quantitative estimate of drug-likeness (QED) is 0.729. The number of rotatable bonds is 5. The smallest absolute Gasteiger partial charge is 0.323 e. The van der Waals surface area contributed by atoms with Gasteiger partial charge in [-0.3, -0.25) is 4.79 Å². The number of hydrogen-bond acceptors (Lipinski definition) is 6. The van der Waals surface area contributed by atoms with E-state index < -0.39 is 0 Å². The topological polar surface area (TPSA) is 69.0 Å². The van der Waals surface area contributed by atoms with Crippen LogP contribution in [0.5, 0.6) is 6.01 Å². The highest BCUT2D eigenvalue weighted by atomic mass is 32.1. The first-order valence-electron chi connectivity index (χ1n) is 8.84. The average Bonchev–Trinajstić information content (AvgIpc) is 3.38. The molecule has 0 bridgehead atoms. The van der Waals surface area contributed by atoms with Crippen molar-refractivity contribution in [3.63, 3.8) is 0 Å². The monoisotopic (exact) mass is 386 g/mol. The molecule has 1 aliphatic rings. The van der Waals surface area contributed by atoms with Crippen LogP contribution in [0.2, 0.25) is 0 Å². The molecule has 3 aromatic rings. The summed E-state index contributed by atoms with van der Waals surface area (Å²) >= 11 is 1.35. The van der Waals surface area contributed by atoms with Crippen molar-refractivity contribution >= 4 is 17.2 Å². The van der Waals surface area contributed by atoms with Gasteiger partial charge in [0.05, 0.1) is 4.88 Å². The van der Waals surface area contributed by atoms with E-state index in [1.807, 2.05) is 11.4 Å². The highest BCUT2D eigenvalue weighted by Crippen LogP contribution is 2.24. The van der Waals surface area contributed by atoms with E-state index >= 15 is 0 Å². The minimum absolute atomic E-state index is 0.157. The van der Waals surface area contributed by atoms with Gasteiger partial charge in [-0.15, -0.1) is 21.1 Å². The van der Waals surface area contributed by atoms with Gasteiger partial charge in [-0.2, -0.15) is 4.98 Å². The number of aromatic nitrogens is 3. The fraction of sp³-hybridized carbons (Fsp3) is 0.316. The average molecular weight is 386 g/mol. The highest BCUT2D eigenvalue weighted by molar-refractivity contribution is 7.12. The van der Waals surface area contributed by atoms with Crippen LogP contribution >= 0.6 is 11.3 Å². The molecule has 0 amide bonds. The second-order valence-electron chi connectivity index (χ2n) is 6.41. The van der Waals surface area contributed by atoms with Crippen LogP contribution in [0.3, 0.4) is 0 Å². The minimum Gasteiger partial charge on any atom is -0.458 e. The Morgan fingerprint density at radius 1 is 1.33 bits per heavy atom. The van der Waals surface area contributed by atoms with E-state index in [1.54, 1.807) is 18.2 Å². The molecule has 1 aliphatic heterocycles. The van der Waals surface area contributed by atoms with E-state index in [9.17, 15) is 9.18 Å². The Hall–Kier alpha value is -2.58. The van der Waals surface area contributed by atoms with Gasteiger partial charge >= 0.3 is 6.01 Å². The first-order valence-corrected chi connectivity index (χ1v) is 9.72. The van der Waals surface area contributed by atoms with Crippen molar-refractivity contribution < 1.29 is 13.9 Å². The van der Waals surface area contributed by atoms with Gasteiger partial charge in [0, 0.05) is 12.5 Å². The van der Waals surface area contributed by atoms with Crippen LogP contribution in [0.4, 0.5) is 4.39 Å². The molecule has 1 saturated heterocycles. The second-order valence-corrected chi connectivity index (χ2v) is 7.35. The molecule has 1 unspecified atom stereocenters. The van der Waals surface area contributed by atoms with Gasteiger partial charge < -0.3 is 10.1 Å². The summed E-state index contributed by atoms with van der Waals surface area (Å²) in [7, 11) is 0. The zero-order valence-corrected chi connectivity index (χ0v) is 15.4. The summed E-state index contributed by atoms with van der Waals surface area (Å²) in [6, 6.07) is 9.77. The predicted molar refractivity (Wildman–Crippen MR) is 99.6 cm³/mol. The molecule has 1 aromatic carbocycles. The fourth-order valence-electron chi connectivity index (χ4n) is 3.02. The molecular formula is C19H19FN4O2S. The van der Waals surface area contributed by atoms with Crippen molar-refractivity contribution in [2.45, 2.75) is 25.4 Å². The zero-order chi connectivity index (χ0) is 18.6. The van der Waals surface area contributed by atoms with Crippen LogP contribution < -0.4 is 10.1 Å². The van der Waals surface area contributed by atoms with Crippen molar-refractivity contribution in [1.82, 2.24) is 20.1 Å². The van der Waals surface area contributed by atoms with Crippen LogP contribution in [0, 0.1) is 5.82 Å². The van der Waals surface area contributed by atoms with E-state index in [-0.39, 0.29) is 30.3 Å². The molecule has 2 aromatic heterocycles. The summed E-state index contributed by atoms with van der Waals surface area (Å²) in [4.78, 5) is 17.9. The standard InChI is InChI=1S/C19H19FN4O2S/c20-15-7-5-13(6-8-15)12-26-19-22-17(14-3-1-9-21-11-14)23-24(19)18(25)16-4-2-10-27-16/h2,4-8,10,14,21H,1,3,9,11-12H2. The normalized spacial score (nSPS) is 17.0. The highest BCUT2D eigenvalue weighted by Gasteiger charge is 2.25. The lowest BCUT2D eigenvalue weighted by molar-refractivity contribution is 0.0929. The molecule has 4 rings (SSSR count). The molecule has 140 valence electrons. The van der Waals surface area contributed by atoms with Gasteiger partial charge in [0.1, 0.15) is 12.4 Å². The van der Waals surface area contributed by atoms with Gasteiger partial charge in [-0.1, -0.05) is 18.2 Å². The van der Waals surface area contributed by atoms with E-state index in [1.165, 1.54) is 28.2 Å². The third-order valence-electron chi connectivity index (χ3n) is 4.46. The van der Waals surface area contributed by atoms with Gasteiger partial charge in [0.25, 0.3) is 5.91 Å². The van der Waals surface area contributed by atoms with Crippen molar-refractivity contribution in [1.29, 1.82) is 0 Å². The Morgan fingerprint density at radius 2 is 2.19 bits per heavy atom. The van der Waals surface area contributed by atoms with Gasteiger partial charge in [-0.05, 0) is 48.5 Å². The van der Waals surface area contributed by atoms with Gasteiger partial charge in [0.15, 0.2) is 5.82 Å². The molecule has 1 fully saturated rings. The third-order valence-corrected chi connectivity index (χ3v) is 5.32. The summed E-state index contributed by atoms with van der Waals surface area (Å²) in [6.45, 7) is 1.95. The zero-order valence-electron chi connectivity index (χ0n) is 14.6. The fourth-order valence-corrected chi connectivity index (χ4v) is 3.67. The first-order chi connectivity index (χ1) is 13.2. The van der Waals surface area contributed by atoms with Crippen molar-refractivity contribution in [2.24, 2.45) is 0 Å². The van der Waals surface area contributed by atoms with E-state index in [0.29, 0.717) is 10.7 Å². The SMILES string of the molecule is O=C(c1cccs1)n1nc(C2CCCNC2)nc1OCc1ccc(F)cc1. The lowest BCUT2D eigenvalue weighted by Gasteiger charge is -2.19. The Bertz CT molecular complexity index is 902. The van der Waals surface area contributed by atoms with Gasteiger partial charge in [-0.25, -0.2) is 4.39 Å². The summed E-state index contributed by atoms with van der Waals surface area (Å²) in [5, 5.41) is 9.63. The van der Waals surface area contributed by atoms with E-state index in [4.69, 9.17) is 4.74 Å². The largest absolute Gasteiger partial charge is 0.458 e. The number of hydrogen-bond donors (Lipinski definition) is 1. The third kappa shape index (κ3) is 4.06. The van der Waals surface area contributed by atoms with Crippen LogP contribution in [0.1, 0.15) is 39.8 Å². The summed E-state index contributed by atoms with van der Waals surface area (Å²) in [5.74, 6) is 0.203. The molecule has 0 spiro atoms. The Labute approximate surface area is 160 Å². The molecular weight excluding hydrogens is 367 g/mol. The van der Waals surface area contributed by atoms with Crippen molar-refractivity contribution in [3.8, 4) is 6.01 Å². The molecule has 0 radical (unpaired) electrons. The van der Waals surface area contributed by atoms with Crippen LogP contribution in [-0.2, 0) is 6.61 Å². The Morgan fingerprint density at radius 3 is 2.89 bits per heavy atom. The Balaban J connectivity index is 1.59. The molecule has 0 aliphatic carbocycles. The predicted octanol–water partition coefficient (Wildman–Crippen LogP) is 3.21. The van der Waals surface area contributed by atoms with Crippen LogP contribution in [0.25, 0.3) is 0 Å². The van der Waals surface area contributed by atoms with E-state index in [2.05, 4.69) is 15.4 Å². The lowest BCUT2D eigenvalue weighted by Crippen LogP contribution is -2.29. The van der Waals surface area contributed by atoms with E-state index in [0.717, 1.165) is 31.5 Å². The van der Waals surface area contributed by atoms with Crippen molar-refractivity contribution in [3.05, 3.63) is 63.9 Å². The number of benzene rings is 1. The maximum absolute atomic E-state index is 13.1. The maximum atomic E-state index is 13.1. The minimum atomic E-state index is -0.304. The Kier molecular flexibility index (Phi) is 5.26. The number of ether oxygens (including phenoxy) is 1. The number of piperidine rings is 1. The molecule has 3 heterocycles. The molecule has 0 saturated carbocycles. The summed E-state index contributed by atoms with van der Waals surface area (Å²) < 4.78 is 20.1. The maximum Gasteiger partial charge on any atom is 0.323 e. The molecule has 1 atom stereocenters. The van der Waals surface area contributed by atoms with Crippen LogP contribution in [0.15, 0.2) is 41.8 Å². The molecule has 1 N–H and O–H groups in total. The van der Waals surface area contributed by atoms with Crippen LogP contribution in [-0.4, -0.2) is 33.8 Å². The second kappa shape index (κ2) is 7.98. The van der Waals surface area contributed by atoms with Gasteiger partial charge in [0.2, 0.25) is 0 Å². The number of halogens is 1.